The normalized spacial score (nSPS) is 13.3. The minimum Gasteiger partial charge on any atom is -0.497 e. The molecule has 0 aromatic heterocycles. The number of amides is 1. The van der Waals surface area contributed by atoms with E-state index in [9.17, 15) is 13.2 Å². The average molecular weight is 455 g/mol. The van der Waals surface area contributed by atoms with Crippen LogP contribution in [-0.2, 0) is 14.8 Å². The van der Waals surface area contributed by atoms with Gasteiger partial charge < -0.3 is 14.8 Å². The molecule has 2 aromatic carbocycles. The van der Waals surface area contributed by atoms with Crippen LogP contribution in [-0.4, -0.2) is 40.8 Å². The highest BCUT2D eigenvalue weighted by Gasteiger charge is 2.32. The second-order valence-electron chi connectivity index (χ2n) is 6.79. The van der Waals surface area contributed by atoms with Gasteiger partial charge in [-0.25, -0.2) is 8.42 Å². The van der Waals surface area contributed by atoms with Gasteiger partial charge in [-0.15, -0.1) is 0 Å². The molecule has 164 valence electrons. The number of anilines is 1. The molecule has 1 amide bonds. The van der Waals surface area contributed by atoms with Crippen molar-refractivity contribution < 1.29 is 22.7 Å². The summed E-state index contributed by atoms with van der Waals surface area (Å²) in [4.78, 5) is 13.0. The standard InChI is InChI=1S/C21H27ClN2O5S/c1-6-18(15-7-10-17(28-3)11-8-15)23-21(25)14(2)24(30(5,26)27)19-13-16(22)9-12-20(19)29-4/h7-14,18H,6H2,1-5H3,(H,23,25)/t14-,18+/m0/s1. The van der Waals surface area contributed by atoms with E-state index in [0.29, 0.717) is 22.9 Å². The molecule has 0 aliphatic rings. The van der Waals surface area contributed by atoms with Crippen LogP contribution < -0.4 is 19.1 Å². The first-order valence-corrected chi connectivity index (χ1v) is 11.6. The fraction of sp³-hybridized carbons (Fsp3) is 0.381. The van der Waals surface area contributed by atoms with E-state index in [1.54, 1.807) is 19.2 Å². The predicted molar refractivity (Wildman–Crippen MR) is 119 cm³/mol. The summed E-state index contributed by atoms with van der Waals surface area (Å²) in [6.45, 7) is 3.46. The molecule has 0 aliphatic heterocycles. The maximum Gasteiger partial charge on any atom is 0.244 e. The molecular formula is C21H27ClN2O5S. The summed E-state index contributed by atoms with van der Waals surface area (Å²) in [5, 5.41) is 3.27. The molecule has 1 N–H and O–H groups in total. The largest absolute Gasteiger partial charge is 0.497 e. The third kappa shape index (κ3) is 5.58. The van der Waals surface area contributed by atoms with Gasteiger partial charge in [0.05, 0.1) is 32.2 Å². The lowest BCUT2D eigenvalue weighted by atomic mass is 10.0. The van der Waals surface area contributed by atoms with Crippen molar-refractivity contribution in [2.24, 2.45) is 0 Å². The van der Waals surface area contributed by atoms with Gasteiger partial charge in [0.15, 0.2) is 0 Å². The van der Waals surface area contributed by atoms with E-state index in [1.807, 2.05) is 31.2 Å². The molecule has 0 spiro atoms. The van der Waals surface area contributed by atoms with Crippen LogP contribution in [0.2, 0.25) is 5.02 Å². The highest BCUT2D eigenvalue weighted by molar-refractivity contribution is 7.92. The summed E-state index contributed by atoms with van der Waals surface area (Å²) < 4.78 is 36.7. The molecule has 0 bridgehead atoms. The van der Waals surface area contributed by atoms with Crippen LogP contribution in [0.15, 0.2) is 42.5 Å². The second-order valence-corrected chi connectivity index (χ2v) is 9.09. The highest BCUT2D eigenvalue weighted by Crippen LogP contribution is 2.34. The summed E-state index contributed by atoms with van der Waals surface area (Å²) in [5.74, 6) is 0.571. The number of sulfonamides is 1. The summed E-state index contributed by atoms with van der Waals surface area (Å²) in [7, 11) is -0.802. The Morgan fingerprint density at radius 3 is 2.27 bits per heavy atom. The van der Waals surface area contributed by atoms with Gasteiger partial charge in [-0.3, -0.25) is 9.10 Å². The van der Waals surface area contributed by atoms with Crippen molar-refractivity contribution in [1.82, 2.24) is 5.32 Å². The molecule has 2 rings (SSSR count). The summed E-state index contributed by atoms with van der Waals surface area (Å²) in [5.41, 5.74) is 1.10. The van der Waals surface area contributed by atoms with Crippen molar-refractivity contribution in [2.45, 2.75) is 32.4 Å². The number of ether oxygens (including phenoxy) is 2. The zero-order chi connectivity index (χ0) is 22.5. The number of rotatable bonds is 9. The van der Waals surface area contributed by atoms with Gasteiger partial charge >= 0.3 is 0 Å². The fourth-order valence-corrected chi connectivity index (χ4v) is 4.50. The molecule has 2 aromatic rings. The van der Waals surface area contributed by atoms with Crippen LogP contribution in [0.25, 0.3) is 0 Å². The zero-order valence-electron chi connectivity index (χ0n) is 17.7. The van der Waals surface area contributed by atoms with Gasteiger partial charge in [0, 0.05) is 5.02 Å². The maximum atomic E-state index is 13.0. The third-order valence-corrected chi connectivity index (χ3v) is 6.17. The lowest BCUT2D eigenvalue weighted by Gasteiger charge is -2.30. The van der Waals surface area contributed by atoms with Crippen LogP contribution >= 0.6 is 11.6 Å². The van der Waals surface area contributed by atoms with E-state index in [4.69, 9.17) is 21.1 Å². The Morgan fingerprint density at radius 1 is 1.13 bits per heavy atom. The Bertz CT molecular complexity index is 979. The average Bonchev–Trinajstić information content (AvgIpc) is 2.71. The summed E-state index contributed by atoms with van der Waals surface area (Å²) >= 11 is 6.08. The number of carbonyl (C=O) groups excluding carboxylic acids is 1. The second kappa shape index (κ2) is 10.0. The topological polar surface area (TPSA) is 84.9 Å². The van der Waals surface area contributed by atoms with E-state index < -0.39 is 22.0 Å². The fourth-order valence-electron chi connectivity index (χ4n) is 3.17. The molecule has 0 heterocycles. The third-order valence-electron chi connectivity index (χ3n) is 4.71. The Morgan fingerprint density at radius 2 is 1.77 bits per heavy atom. The number of benzene rings is 2. The molecule has 0 unspecified atom stereocenters. The molecule has 0 saturated carbocycles. The first kappa shape index (κ1) is 23.8. The number of methoxy groups -OCH3 is 2. The van der Waals surface area contributed by atoms with E-state index in [-0.39, 0.29) is 11.7 Å². The van der Waals surface area contributed by atoms with Crippen molar-refractivity contribution in [2.75, 3.05) is 24.8 Å². The van der Waals surface area contributed by atoms with Gasteiger partial charge in [0.25, 0.3) is 0 Å². The molecule has 30 heavy (non-hydrogen) atoms. The Balaban J connectivity index is 2.34. The van der Waals surface area contributed by atoms with Crippen LogP contribution in [0.1, 0.15) is 31.9 Å². The lowest BCUT2D eigenvalue weighted by Crippen LogP contribution is -2.48. The van der Waals surface area contributed by atoms with Crippen molar-refractivity contribution in [3.05, 3.63) is 53.1 Å². The molecule has 9 heteroatoms. The number of hydrogen-bond donors (Lipinski definition) is 1. The van der Waals surface area contributed by atoms with Crippen LogP contribution in [0.3, 0.4) is 0 Å². The smallest absolute Gasteiger partial charge is 0.244 e. The van der Waals surface area contributed by atoms with E-state index >= 15 is 0 Å². The molecule has 0 saturated heterocycles. The number of hydrogen-bond acceptors (Lipinski definition) is 5. The van der Waals surface area contributed by atoms with Gasteiger partial charge in [0.1, 0.15) is 17.5 Å². The molecule has 2 atom stereocenters. The molecule has 0 aliphatic carbocycles. The maximum absolute atomic E-state index is 13.0. The van der Waals surface area contributed by atoms with Crippen LogP contribution in [0.4, 0.5) is 5.69 Å². The number of carbonyl (C=O) groups is 1. The number of nitrogens with zero attached hydrogens (tertiary/aromatic N) is 1. The summed E-state index contributed by atoms with van der Waals surface area (Å²) in [6, 6.07) is 10.7. The Kier molecular flexibility index (Phi) is 7.97. The Hall–Kier alpha value is -2.45. The lowest BCUT2D eigenvalue weighted by molar-refractivity contribution is -0.122. The number of halogens is 1. The SMILES string of the molecule is CC[C@@H](NC(=O)[C@H](C)N(c1cc(Cl)ccc1OC)S(C)(=O)=O)c1ccc(OC)cc1. The van der Waals surface area contributed by atoms with Crippen LogP contribution in [0, 0.1) is 0 Å². The molecule has 0 radical (unpaired) electrons. The van der Waals surface area contributed by atoms with Crippen molar-refractivity contribution in [3.8, 4) is 11.5 Å². The minimum absolute atomic E-state index is 0.202. The first-order chi connectivity index (χ1) is 14.1. The molecular weight excluding hydrogens is 428 g/mol. The van der Waals surface area contributed by atoms with E-state index in [1.165, 1.54) is 20.1 Å². The van der Waals surface area contributed by atoms with Crippen molar-refractivity contribution >= 4 is 33.2 Å². The number of nitrogens with one attached hydrogen (secondary N) is 1. The van der Waals surface area contributed by atoms with E-state index in [0.717, 1.165) is 16.1 Å². The van der Waals surface area contributed by atoms with Crippen LogP contribution in [0.5, 0.6) is 11.5 Å². The van der Waals surface area contributed by atoms with E-state index in [2.05, 4.69) is 5.32 Å². The zero-order valence-corrected chi connectivity index (χ0v) is 19.3. The van der Waals surface area contributed by atoms with Crippen molar-refractivity contribution in [3.63, 3.8) is 0 Å². The monoisotopic (exact) mass is 454 g/mol. The minimum atomic E-state index is -3.81. The quantitative estimate of drug-likeness (QED) is 0.623. The van der Waals surface area contributed by atoms with Gasteiger partial charge in [0.2, 0.25) is 15.9 Å². The highest BCUT2D eigenvalue weighted by atomic mass is 35.5. The van der Waals surface area contributed by atoms with Gasteiger partial charge in [-0.1, -0.05) is 30.7 Å². The molecule has 0 fully saturated rings. The summed E-state index contributed by atoms with van der Waals surface area (Å²) in [6.07, 6.45) is 1.67. The Labute approximate surface area is 183 Å². The first-order valence-electron chi connectivity index (χ1n) is 9.39. The van der Waals surface area contributed by atoms with Crippen molar-refractivity contribution in [1.29, 1.82) is 0 Å². The molecule has 7 nitrogen and oxygen atoms in total. The predicted octanol–water partition coefficient (Wildman–Crippen LogP) is 3.78. The van der Waals surface area contributed by atoms with Gasteiger partial charge in [-0.05, 0) is 49.2 Å². The van der Waals surface area contributed by atoms with Gasteiger partial charge in [-0.2, -0.15) is 0 Å².